The van der Waals surface area contributed by atoms with Crippen molar-refractivity contribution in [1.29, 1.82) is 0 Å². The van der Waals surface area contributed by atoms with Crippen LogP contribution in [0.3, 0.4) is 0 Å². The van der Waals surface area contributed by atoms with Crippen LogP contribution in [-0.2, 0) is 0 Å². The molecule has 0 bridgehead atoms. The molecule has 17 heavy (non-hydrogen) atoms. The highest BCUT2D eigenvalue weighted by Crippen LogP contribution is 2.33. The van der Waals surface area contributed by atoms with Crippen molar-refractivity contribution in [1.82, 2.24) is 0 Å². The van der Waals surface area contributed by atoms with E-state index in [1.54, 1.807) is 0 Å². The Labute approximate surface area is 103 Å². The van der Waals surface area contributed by atoms with Crippen molar-refractivity contribution in [3.8, 4) is 11.5 Å². The third-order valence-corrected chi connectivity index (χ3v) is 2.75. The van der Waals surface area contributed by atoms with E-state index in [2.05, 4.69) is 27.4 Å². The standard InChI is InChI=1S/C14H17BO2/c1-11(14(2,3)4)9-10-15-16-12-7-5-6-8-13(12)17-15/h5-10H,1H2,2-4H3/b10-9+. The predicted octanol–water partition coefficient (Wildman–Crippen LogP) is 3.64. The van der Waals surface area contributed by atoms with E-state index in [-0.39, 0.29) is 12.5 Å². The van der Waals surface area contributed by atoms with Crippen LogP contribution in [0.2, 0.25) is 0 Å². The zero-order valence-electron chi connectivity index (χ0n) is 10.6. The van der Waals surface area contributed by atoms with Crippen LogP contribution in [0.5, 0.6) is 11.5 Å². The number of rotatable bonds is 2. The van der Waals surface area contributed by atoms with Crippen molar-refractivity contribution in [2.45, 2.75) is 20.8 Å². The number of benzene rings is 1. The van der Waals surface area contributed by atoms with Gasteiger partial charge in [0, 0.05) is 0 Å². The van der Waals surface area contributed by atoms with Gasteiger partial charge in [0.15, 0.2) is 0 Å². The summed E-state index contributed by atoms with van der Waals surface area (Å²) in [6.07, 6.45) is 1.97. The number of hydrogen-bond donors (Lipinski definition) is 0. The van der Waals surface area contributed by atoms with E-state index < -0.39 is 0 Å². The summed E-state index contributed by atoms with van der Waals surface area (Å²) < 4.78 is 11.2. The molecule has 0 N–H and O–H groups in total. The van der Waals surface area contributed by atoms with Crippen molar-refractivity contribution < 1.29 is 9.31 Å². The van der Waals surface area contributed by atoms with Crippen LogP contribution in [0.25, 0.3) is 0 Å². The number of allylic oxidation sites excluding steroid dienone is 2. The van der Waals surface area contributed by atoms with Gasteiger partial charge >= 0.3 is 7.12 Å². The average Bonchev–Trinajstić information content (AvgIpc) is 2.66. The molecule has 0 aromatic heterocycles. The molecule has 1 aromatic carbocycles. The molecule has 0 atom stereocenters. The fraction of sp³-hybridized carbons (Fsp3) is 0.286. The Morgan fingerprint density at radius 1 is 1.18 bits per heavy atom. The highest BCUT2D eigenvalue weighted by Gasteiger charge is 2.28. The van der Waals surface area contributed by atoms with Crippen LogP contribution in [0, 0.1) is 5.41 Å². The van der Waals surface area contributed by atoms with Crippen LogP contribution < -0.4 is 9.31 Å². The Hall–Kier alpha value is -1.64. The van der Waals surface area contributed by atoms with Gasteiger partial charge in [-0.25, -0.2) is 0 Å². The summed E-state index contributed by atoms with van der Waals surface area (Å²) >= 11 is 0. The lowest BCUT2D eigenvalue weighted by Crippen LogP contribution is -2.21. The molecule has 0 radical (unpaired) electrons. The first-order valence-corrected chi connectivity index (χ1v) is 5.77. The Morgan fingerprint density at radius 2 is 1.71 bits per heavy atom. The molecule has 1 aliphatic heterocycles. The lowest BCUT2D eigenvalue weighted by atomic mass is 9.83. The summed E-state index contributed by atoms with van der Waals surface area (Å²) in [5.41, 5.74) is 1.13. The molecule has 0 spiro atoms. The highest BCUT2D eigenvalue weighted by molar-refractivity contribution is 6.53. The maximum atomic E-state index is 5.62. The quantitative estimate of drug-likeness (QED) is 0.568. The molecule has 2 nitrogen and oxygen atoms in total. The molecule has 1 heterocycles. The summed E-state index contributed by atoms with van der Waals surface area (Å²) in [4.78, 5) is 0. The largest absolute Gasteiger partial charge is 0.625 e. The topological polar surface area (TPSA) is 18.5 Å². The minimum Gasteiger partial charge on any atom is -0.520 e. The second kappa shape index (κ2) is 4.32. The lowest BCUT2D eigenvalue weighted by Gasteiger charge is -2.18. The summed E-state index contributed by atoms with van der Waals surface area (Å²) in [7, 11) is -0.341. The van der Waals surface area contributed by atoms with Crippen LogP contribution in [0.15, 0.2) is 48.5 Å². The summed E-state index contributed by atoms with van der Waals surface area (Å²) in [5.74, 6) is 3.49. The first kappa shape index (κ1) is 11.8. The summed E-state index contributed by atoms with van der Waals surface area (Å²) in [6, 6.07) is 7.67. The first-order chi connectivity index (χ1) is 7.97. The van der Waals surface area contributed by atoms with Gasteiger partial charge in [-0.1, -0.05) is 51.1 Å². The Kier molecular flexibility index (Phi) is 3.01. The van der Waals surface area contributed by atoms with Crippen molar-refractivity contribution in [2.75, 3.05) is 0 Å². The smallest absolute Gasteiger partial charge is 0.520 e. The van der Waals surface area contributed by atoms with E-state index >= 15 is 0 Å². The van der Waals surface area contributed by atoms with Gasteiger partial charge in [-0.2, -0.15) is 0 Å². The monoisotopic (exact) mass is 228 g/mol. The number of para-hydroxylation sites is 2. The van der Waals surface area contributed by atoms with Crippen molar-refractivity contribution >= 4 is 7.12 Å². The van der Waals surface area contributed by atoms with E-state index in [4.69, 9.17) is 9.31 Å². The van der Waals surface area contributed by atoms with Gasteiger partial charge < -0.3 is 9.31 Å². The SMILES string of the molecule is C=C(/C=C/B1Oc2ccccc2O1)C(C)(C)C. The van der Waals surface area contributed by atoms with Crippen molar-refractivity contribution in [3.05, 3.63) is 48.5 Å². The molecule has 1 aromatic rings. The molecule has 0 aliphatic carbocycles. The van der Waals surface area contributed by atoms with E-state index in [1.807, 2.05) is 36.3 Å². The van der Waals surface area contributed by atoms with E-state index in [1.165, 1.54) is 0 Å². The normalized spacial score (nSPS) is 14.4. The molecule has 0 saturated carbocycles. The molecular formula is C14H17BO2. The van der Waals surface area contributed by atoms with E-state index in [0.29, 0.717) is 0 Å². The van der Waals surface area contributed by atoms with Crippen molar-refractivity contribution in [3.63, 3.8) is 0 Å². The van der Waals surface area contributed by atoms with E-state index in [0.717, 1.165) is 17.1 Å². The maximum Gasteiger partial charge on any atom is 0.625 e. The Bertz CT molecular complexity index is 433. The molecule has 88 valence electrons. The van der Waals surface area contributed by atoms with Crippen LogP contribution in [0.4, 0.5) is 0 Å². The Morgan fingerprint density at radius 3 is 2.18 bits per heavy atom. The minimum atomic E-state index is -0.341. The van der Waals surface area contributed by atoms with Crippen LogP contribution >= 0.6 is 0 Å². The number of fused-ring (bicyclic) bond motifs is 1. The predicted molar refractivity (Wildman–Crippen MR) is 71.2 cm³/mol. The molecule has 1 aliphatic rings. The number of hydrogen-bond acceptors (Lipinski definition) is 2. The fourth-order valence-corrected chi connectivity index (χ4v) is 1.44. The van der Waals surface area contributed by atoms with E-state index in [9.17, 15) is 0 Å². The molecule has 2 rings (SSSR count). The minimum absolute atomic E-state index is 0.0714. The van der Waals surface area contributed by atoms with Gasteiger partial charge in [-0.15, -0.1) is 0 Å². The second-order valence-electron chi connectivity index (χ2n) is 5.19. The molecule has 0 fully saturated rings. The van der Waals surface area contributed by atoms with Gasteiger partial charge in [0.05, 0.1) is 0 Å². The van der Waals surface area contributed by atoms with Crippen molar-refractivity contribution in [2.24, 2.45) is 5.41 Å². The van der Waals surface area contributed by atoms with Gasteiger partial charge in [-0.3, -0.25) is 0 Å². The molecule has 3 heteroatoms. The lowest BCUT2D eigenvalue weighted by molar-refractivity contribution is 0.512. The first-order valence-electron chi connectivity index (χ1n) is 5.77. The zero-order valence-corrected chi connectivity index (χ0v) is 10.6. The van der Waals surface area contributed by atoms with Gasteiger partial charge in [0.25, 0.3) is 0 Å². The third kappa shape index (κ3) is 2.73. The molecule has 0 amide bonds. The zero-order chi connectivity index (χ0) is 12.5. The molecular weight excluding hydrogens is 211 g/mol. The second-order valence-corrected chi connectivity index (χ2v) is 5.19. The maximum absolute atomic E-state index is 5.62. The molecule has 0 unspecified atom stereocenters. The van der Waals surface area contributed by atoms with Gasteiger partial charge in [0.2, 0.25) is 0 Å². The molecule has 0 saturated heterocycles. The van der Waals surface area contributed by atoms with Crippen LogP contribution in [0.1, 0.15) is 20.8 Å². The van der Waals surface area contributed by atoms with Crippen LogP contribution in [-0.4, -0.2) is 7.12 Å². The van der Waals surface area contributed by atoms with Gasteiger partial charge in [-0.05, 0) is 23.5 Å². The fourth-order valence-electron chi connectivity index (χ4n) is 1.44. The highest BCUT2D eigenvalue weighted by atomic mass is 16.6. The third-order valence-electron chi connectivity index (χ3n) is 2.75. The summed E-state index contributed by atoms with van der Waals surface area (Å²) in [5, 5.41) is 0. The van der Waals surface area contributed by atoms with Gasteiger partial charge in [0.1, 0.15) is 11.5 Å². The summed E-state index contributed by atoms with van der Waals surface area (Å²) in [6.45, 7) is 10.4. The average molecular weight is 228 g/mol. The Balaban J connectivity index is 2.01.